The van der Waals surface area contributed by atoms with Gasteiger partial charge < -0.3 is 10.4 Å². The van der Waals surface area contributed by atoms with Crippen LogP contribution in [-0.4, -0.2) is 17.0 Å². The van der Waals surface area contributed by atoms with Crippen LogP contribution in [0.1, 0.15) is 26.3 Å². The first-order valence-corrected chi connectivity index (χ1v) is 7.57. The third kappa shape index (κ3) is 3.71. The van der Waals surface area contributed by atoms with Gasteiger partial charge in [-0.3, -0.25) is 4.79 Å². The lowest BCUT2D eigenvalue weighted by Gasteiger charge is -2.11. The summed E-state index contributed by atoms with van der Waals surface area (Å²) in [6.45, 7) is 1.88. The summed E-state index contributed by atoms with van der Waals surface area (Å²) in [5, 5.41) is 11.8. The van der Waals surface area contributed by atoms with Gasteiger partial charge in [0.25, 0.3) is 5.91 Å². The summed E-state index contributed by atoms with van der Waals surface area (Å²) in [4.78, 5) is 23.5. The Labute approximate surface area is 138 Å². The van der Waals surface area contributed by atoms with Crippen LogP contribution >= 0.6 is 31.9 Å². The summed E-state index contributed by atoms with van der Waals surface area (Å²) >= 11 is 6.59. The van der Waals surface area contributed by atoms with Gasteiger partial charge in [0.15, 0.2) is 0 Å². The van der Waals surface area contributed by atoms with Crippen LogP contribution in [0.15, 0.2) is 45.3 Å². The maximum atomic E-state index is 12.3. The molecule has 4 nitrogen and oxygen atoms in total. The number of amides is 1. The van der Waals surface area contributed by atoms with Gasteiger partial charge in [-0.2, -0.15) is 0 Å². The van der Waals surface area contributed by atoms with Crippen LogP contribution in [0.5, 0.6) is 0 Å². The molecule has 2 aromatic carbocycles. The van der Waals surface area contributed by atoms with Gasteiger partial charge in [0.05, 0.1) is 11.3 Å². The van der Waals surface area contributed by atoms with Crippen LogP contribution in [0.3, 0.4) is 0 Å². The van der Waals surface area contributed by atoms with E-state index in [4.69, 9.17) is 0 Å². The van der Waals surface area contributed by atoms with Crippen LogP contribution in [0.25, 0.3) is 0 Å². The molecule has 0 radical (unpaired) electrons. The fourth-order valence-corrected chi connectivity index (χ4v) is 2.96. The molecule has 0 spiro atoms. The van der Waals surface area contributed by atoms with E-state index in [0.717, 1.165) is 10.0 Å². The average Bonchev–Trinajstić information content (AvgIpc) is 2.39. The van der Waals surface area contributed by atoms with E-state index in [0.29, 0.717) is 10.0 Å². The third-order valence-electron chi connectivity index (χ3n) is 2.79. The van der Waals surface area contributed by atoms with Gasteiger partial charge in [-0.15, -0.1) is 0 Å². The second kappa shape index (κ2) is 6.41. The lowest BCUT2D eigenvalue weighted by Crippen LogP contribution is -2.15. The second-order valence-corrected chi connectivity index (χ2v) is 6.21. The van der Waals surface area contributed by atoms with Crippen LogP contribution in [0.4, 0.5) is 5.69 Å². The van der Waals surface area contributed by atoms with Gasteiger partial charge in [-0.05, 0) is 58.7 Å². The van der Waals surface area contributed by atoms with Crippen molar-refractivity contribution in [2.24, 2.45) is 0 Å². The Kier molecular flexibility index (Phi) is 4.80. The minimum Gasteiger partial charge on any atom is -0.478 e. The lowest BCUT2D eigenvalue weighted by molar-refractivity contribution is 0.0698. The first-order valence-electron chi connectivity index (χ1n) is 5.99. The number of para-hydroxylation sites is 1. The zero-order valence-electron chi connectivity index (χ0n) is 11.0. The maximum absolute atomic E-state index is 12.3. The predicted octanol–water partition coefficient (Wildman–Crippen LogP) is 4.47. The van der Waals surface area contributed by atoms with Crippen LogP contribution in [0.2, 0.25) is 0 Å². The van der Waals surface area contributed by atoms with Crippen molar-refractivity contribution < 1.29 is 14.7 Å². The molecule has 0 aliphatic heterocycles. The molecule has 0 fully saturated rings. The largest absolute Gasteiger partial charge is 0.478 e. The molecule has 0 atom stereocenters. The molecule has 0 aromatic heterocycles. The number of aromatic carboxylic acids is 1. The molecule has 2 aromatic rings. The second-order valence-electron chi connectivity index (χ2n) is 4.44. The minimum absolute atomic E-state index is 0.0319. The monoisotopic (exact) mass is 411 g/mol. The minimum atomic E-state index is -1.10. The number of benzene rings is 2. The Morgan fingerprint density at radius 3 is 2.48 bits per heavy atom. The van der Waals surface area contributed by atoms with E-state index in [1.807, 2.05) is 13.0 Å². The molecule has 0 unspecified atom stereocenters. The molecule has 6 heteroatoms. The molecular weight excluding hydrogens is 402 g/mol. The summed E-state index contributed by atoms with van der Waals surface area (Å²) in [5.41, 5.74) is 1.66. The van der Waals surface area contributed by atoms with Crippen molar-refractivity contribution in [1.82, 2.24) is 0 Å². The fraction of sp³-hybridized carbons (Fsp3) is 0.0667. The highest BCUT2D eigenvalue weighted by Crippen LogP contribution is 2.27. The van der Waals surface area contributed by atoms with Crippen molar-refractivity contribution in [2.75, 3.05) is 5.32 Å². The van der Waals surface area contributed by atoms with Crippen molar-refractivity contribution in [2.45, 2.75) is 6.92 Å². The highest BCUT2D eigenvalue weighted by Gasteiger charge is 2.16. The molecule has 108 valence electrons. The zero-order valence-corrected chi connectivity index (χ0v) is 14.2. The molecule has 0 aliphatic rings. The smallest absolute Gasteiger partial charge is 0.337 e. The highest BCUT2D eigenvalue weighted by molar-refractivity contribution is 9.10. The molecule has 0 saturated carbocycles. The predicted molar refractivity (Wildman–Crippen MR) is 87.9 cm³/mol. The number of aryl methyl sites for hydroxylation is 1. The van der Waals surface area contributed by atoms with E-state index < -0.39 is 5.97 Å². The van der Waals surface area contributed by atoms with Crippen molar-refractivity contribution in [3.8, 4) is 0 Å². The van der Waals surface area contributed by atoms with E-state index in [1.165, 1.54) is 6.07 Å². The number of halogens is 2. The number of carbonyl (C=O) groups excluding carboxylic acids is 1. The van der Waals surface area contributed by atoms with Crippen LogP contribution < -0.4 is 5.32 Å². The lowest BCUT2D eigenvalue weighted by atomic mass is 10.1. The third-order valence-corrected chi connectivity index (χ3v) is 3.91. The maximum Gasteiger partial charge on any atom is 0.337 e. The quantitative estimate of drug-likeness (QED) is 0.781. The van der Waals surface area contributed by atoms with Crippen LogP contribution in [-0.2, 0) is 0 Å². The first-order chi connectivity index (χ1) is 9.88. The van der Waals surface area contributed by atoms with Gasteiger partial charge in [0.1, 0.15) is 0 Å². The molecule has 0 aliphatic carbocycles. The normalized spacial score (nSPS) is 10.2. The Balaban J connectivity index is 2.38. The van der Waals surface area contributed by atoms with E-state index in [-0.39, 0.29) is 17.2 Å². The molecule has 0 saturated heterocycles. The van der Waals surface area contributed by atoms with E-state index in [9.17, 15) is 14.7 Å². The van der Waals surface area contributed by atoms with E-state index in [2.05, 4.69) is 37.2 Å². The van der Waals surface area contributed by atoms with Gasteiger partial charge in [-0.1, -0.05) is 22.0 Å². The number of carboxylic acids is 1. The zero-order chi connectivity index (χ0) is 15.6. The fourth-order valence-electron chi connectivity index (χ4n) is 1.88. The molecule has 21 heavy (non-hydrogen) atoms. The Hall–Kier alpha value is -1.66. The van der Waals surface area contributed by atoms with Gasteiger partial charge in [0.2, 0.25) is 0 Å². The average molecular weight is 413 g/mol. The van der Waals surface area contributed by atoms with Crippen molar-refractivity contribution in [1.29, 1.82) is 0 Å². The first kappa shape index (κ1) is 15.7. The summed E-state index contributed by atoms with van der Waals surface area (Å²) in [6, 6.07) is 10.0. The molecule has 1 amide bonds. The van der Waals surface area contributed by atoms with E-state index >= 15 is 0 Å². The van der Waals surface area contributed by atoms with Crippen molar-refractivity contribution in [3.05, 3.63) is 62.0 Å². The highest BCUT2D eigenvalue weighted by atomic mass is 79.9. The van der Waals surface area contributed by atoms with Gasteiger partial charge in [-0.25, -0.2) is 4.79 Å². The Morgan fingerprint density at radius 1 is 1.14 bits per heavy atom. The molecule has 0 heterocycles. The van der Waals surface area contributed by atoms with E-state index in [1.54, 1.807) is 24.3 Å². The van der Waals surface area contributed by atoms with Crippen LogP contribution in [0, 0.1) is 6.92 Å². The Morgan fingerprint density at radius 2 is 1.86 bits per heavy atom. The van der Waals surface area contributed by atoms with Crippen molar-refractivity contribution in [3.63, 3.8) is 0 Å². The molecule has 2 N–H and O–H groups in total. The van der Waals surface area contributed by atoms with Gasteiger partial charge >= 0.3 is 5.97 Å². The summed E-state index contributed by atoms with van der Waals surface area (Å²) in [6.07, 6.45) is 0. The molecule has 0 bridgehead atoms. The number of hydrogen-bond acceptors (Lipinski definition) is 2. The number of carbonyl (C=O) groups is 2. The van der Waals surface area contributed by atoms with Gasteiger partial charge in [0, 0.05) is 14.5 Å². The van der Waals surface area contributed by atoms with Crippen molar-refractivity contribution >= 4 is 49.4 Å². The summed E-state index contributed by atoms with van der Waals surface area (Å²) < 4.78 is 1.31. The number of hydrogen-bond donors (Lipinski definition) is 2. The Bertz CT molecular complexity index is 709. The molecule has 2 rings (SSSR count). The topological polar surface area (TPSA) is 66.4 Å². The summed E-state index contributed by atoms with van der Waals surface area (Å²) in [5.74, 6) is -1.47. The standard InChI is InChI=1S/C15H11Br2NO3/c1-8-5-9(7-10(16)6-8)14(19)18-13-11(15(20)21)3-2-4-12(13)17/h2-7H,1H3,(H,18,19)(H,20,21). The molecular formula is C15H11Br2NO3. The number of rotatable bonds is 3. The SMILES string of the molecule is Cc1cc(Br)cc(C(=O)Nc2c(Br)cccc2C(=O)O)c1. The summed E-state index contributed by atoms with van der Waals surface area (Å²) in [7, 11) is 0. The number of carboxylic acid groups (broad SMARTS) is 1. The number of anilines is 1. The number of nitrogens with one attached hydrogen (secondary N) is 1.